The predicted molar refractivity (Wildman–Crippen MR) is 48.9 cm³/mol. The van der Waals surface area contributed by atoms with Crippen molar-refractivity contribution < 1.29 is 10.1 Å². The molecule has 0 unspecified atom stereocenters. The van der Waals surface area contributed by atoms with E-state index in [0.29, 0.717) is 0 Å². The Balaban J connectivity index is 2.70. The van der Waals surface area contributed by atoms with Crippen molar-refractivity contribution in [2.45, 2.75) is 38.7 Å². The Morgan fingerprint density at radius 2 is 2.17 bits per heavy atom. The third-order valence-electron chi connectivity index (χ3n) is 2.39. The molecule has 0 heterocycles. The molecule has 0 fully saturated rings. The van der Waals surface area contributed by atoms with Crippen molar-refractivity contribution >= 4 is 0 Å². The van der Waals surface area contributed by atoms with Gasteiger partial charge in [-0.2, -0.15) is 0 Å². The van der Waals surface area contributed by atoms with E-state index < -0.39 is 5.60 Å². The largest absolute Gasteiger partial charge is 0.251 e. The van der Waals surface area contributed by atoms with Crippen molar-refractivity contribution in [2.75, 3.05) is 0 Å². The van der Waals surface area contributed by atoms with Gasteiger partial charge in [-0.3, -0.25) is 5.26 Å². The summed E-state index contributed by atoms with van der Waals surface area (Å²) in [5, 5.41) is 8.65. The van der Waals surface area contributed by atoms with Crippen LogP contribution in [0.5, 0.6) is 0 Å². The monoisotopic (exact) mass is 168 g/mol. The van der Waals surface area contributed by atoms with Crippen molar-refractivity contribution in [2.24, 2.45) is 0 Å². The summed E-state index contributed by atoms with van der Waals surface area (Å²) in [6.07, 6.45) is 4.98. The van der Waals surface area contributed by atoms with E-state index in [4.69, 9.17) is 5.26 Å². The minimum atomic E-state index is -0.527. The van der Waals surface area contributed by atoms with Crippen LogP contribution in [0.25, 0.3) is 0 Å². The van der Waals surface area contributed by atoms with E-state index in [1.807, 2.05) is 13.8 Å². The zero-order valence-corrected chi connectivity index (χ0v) is 7.76. The quantitative estimate of drug-likeness (QED) is 0.390. The van der Waals surface area contributed by atoms with Gasteiger partial charge in [0.15, 0.2) is 0 Å². The molecule has 0 atom stereocenters. The summed E-state index contributed by atoms with van der Waals surface area (Å²) in [5.74, 6) is 0. The first-order valence-electron chi connectivity index (χ1n) is 4.25. The summed E-state index contributed by atoms with van der Waals surface area (Å²) >= 11 is 0. The van der Waals surface area contributed by atoms with Gasteiger partial charge in [0.2, 0.25) is 0 Å². The predicted octanol–water partition coefficient (Wildman–Crippen LogP) is 2.92. The normalized spacial score (nSPS) is 19.2. The molecule has 0 saturated carbocycles. The maximum Gasteiger partial charge on any atom is 0.119 e. The van der Waals surface area contributed by atoms with Crippen LogP contribution in [0, 0.1) is 0 Å². The number of allylic oxidation sites excluding steroid dienone is 2. The van der Waals surface area contributed by atoms with Crippen molar-refractivity contribution in [3.63, 3.8) is 0 Å². The van der Waals surface area contributed by atoms with E-state index >= 15 is 0 Å². The van der Waals surface area contributed by atoms with Gasteiger partial charge in [-0.1, -0.05) is 18.2 Å². The summed E-state index contributed by atoms with van der Waals surface area (Å²) in [6, 6.07) is 0. The lowest BCUT2D eigenvalue weighted by Gasteiger charge is -2.27. The van der Waals surface area contributed by atoms with Crippen molar-refractivity contribution in [3.8, 4) is 0 Å². The topological polar surface area (TPSA) is 29.5 Å². The van der Waals surface area contributed by atoms with Crippen LogP contribution in [0.1, 0.15) is 33.1 Å². The maximum atomic E-state index is 8.65. The number of hydrogen-bond donors (Lipinski definition) is 1. The molecule has 1 N–H and O–H groups in total. The molecule has 1 aliphatic carbocycles. The molecule has 0 aromatic rings. The number of hydrogen-bond acceptors (Lipinski definition) is 2. The molecule has 1 aliphatic rings. The van der Waals surface area contributed by atoms with Gasteiger partial charge in [0.25, 0.3) is 0 Å². The Kier molecular flexibility index (Phi) is 2.70. The molecule has 0 aromatic carbocycles. The van der Waals surface area contributed by atoms with Crippen molar-refractivity contribution in [3.05, 3.63) is 23.8 Å². The van der Waals surface area contributed by atoms with Gasteiger partial charge in [0.05, 0.1) is 0 Å². The molecule has 0 saturated heterocycles. The van der Waals surface area contributed by atoms with E-state index in [2.05, 4.69) is 17.5 Å². The van der Waals surface area contributed by atoms with E-state index in [1.165, 1.54) is 5.57 Å². The highest BCUT2D eigenvalue weighted by Gasteiger charge is 2.25. The van der Waals surface area contributed by atoms with E-state index in [-0.39, 0.29) is 0 Å². The second kappa shape index (κ2) is 3.42. The lowest BCUT2D eigenvalue weighted by atomic mass is 9.86. The molecule has 0 radical (unpaired) electrons. The fourth-order valence-corrected chi connectivity index (χ4v) is 1.39. The van der Waals surface area contributed by atoms with Crippen LogP contribution in [0.2, 0.25) is 0 Å². The number of rotatable bonds is 2. The van der Waals surface area contributed by atoms with Crippen molar-refractivity contribution in [1.29, 1.82) is 0 Å². The Morgan fingerprint density at radius 1 is 1.50 bits per heavy atom. The van der Waals surface area contributed by atoms with Crippen LogP contribution in [-0.2, 0) is 4.89 Å². The zero-order valence-electron chi connectivity index (χ0n) is 7.76. The second-order valence-electron chi connectivity index (χ2n) is 3.79. The Hall–Kier alpha value is -0.600. The summed E-state index contributed by atoms with van der Waals surface area (Å²) in [4.78, 5) is 4.41. The van der Waals surface area contributed by atoms with Gasteiger partial charge >= 0.3 is 0 Å². The lowest BCUT2D eigenvalue weighted by Crippen LogP contribution is -2.26. The van der Waals surface area contributed by atoms with Crippen LogP contribution in [0.15, 0.2) is 23.8 Å². The summed E-state index contributed by atoms with van der Waals surface area (Å²) < 4.78 is 0. The molecule has 0 aromatic heterocycles. The van der Waals surface area contributed by atoms with Gasteiger partial charge in [-0.05, 0) is 38.7 Å². The highest BCUT2D eigenvalue weighted by atomic mass is 17.1. The van der Waals surface area contributed by atoms with Gasteiger partial charge in [0, 0.05) is 0 Å². The third kappa shape index (κ3) is 1.96. The Labute approximate surface area is 73.5 Å². The van der Waals surface area contributed by atoms with Crippen molar-refractivity contribution in [1.82, 2.24) is 0 Å². The minimum absolute atomic E-state index is 0.527. The molecule has 0 bridgehead atoms. The highest BCUT2D eigenvalue weighted by Crippen LogP contribution is 2.30. The molecular weight excluding hydrogens is 152 g/mol. The fraction of sp³-hybridized carbons (Fsp3) is 0.600. The summed E-state index contributed by atoms with van der Waals surface area (Å²) in [7, 11) is 0. The van der Waals surface area contributed by atoms with Crippen LogP contribution in [-0.4, -0.2) is 10.9 Å². The first kappa shape index (κ1) is 9.49. The van der Waals surface area contributed by atoms with E-state index in [1.54, 1.807) is 0 Å². The molecule has 0 spiro atoms. The Morgan fingerprint density at radius 3 is 2.58 bits per heavy atom. The van der Waals surface area contributed by atoms with E-state index in [0.717, 1.165) is 24.8 Å². The maximum absolute atomic E-state index is 8.65. The molecule has 68 valence electrons. The third-order valence-corrected chi connectivity index (χ3v) is 2.39. The van der Waals surface area contributed by atoms with Crippen LogP contribution >= 0.6 is 0 Å². The molecule has 1 rings (SSSR count). The van der Waals surface area contributed by atoms with E-state index in [9.17, 15) is 0 Å². The molecule has 2 heteroatoms. The summed E-state index contributed by atoms with van der Waals surface area (Å²) in [6.45, 7) is 7.64. The van der Waals surface area contributed by atoms with Crippen LogP contribution in [0.4, 0.5) is 0 Å². The van der Waals surface area contributed by atoms with Gasteiger partial charge in [-0.25, -0.2) is 4.89 Å². The van der Waals surface area contributed by atoms with Crippen LogP contribution in [0.3, 0.4) is 0 Å². The van der Waals surface area contributed by atoms with Crippen LogP contribution < -0.4 is 0 Å². The molecule has 12 heavy (non-hydrogen) atoms. The zero-order chi connectivity index (χ0) is 9.19. The average molecular weight is 168 g/mol. The molecule has 2 nitrogen and oxygen atoms in total. The smallest absolute Gasteiger partial charge is 0.119 e. The highest BCUT2D eigenvalue weighted by molar-refractivity contribution is 5.23. The molecular formula is C10H16O2. The van der Waals surface area contributed by atoms with Gasteiger partial charge in [-0.15, -0.1) is 0 Å². The average Bonchev–Trinajstić information content (AvgIpc) is 2.05. The molecule has 0 amide bonds. The first-order chi connectivity index (χ1) is 5.56. The van der Waals surface area contributed by atoms with Gasteiger partial charge < -0.3 is 0 Å². The second-order valence-corrected chi connectivity index (χ2v) is 3.79. The lowest BCUT2D eigenvalue weighted by molar-refractivity contribution is -0.301. The standard InChI is InChI=1S/C10H16O2/c1-8-4-6-9(7-5-8)10(2,3)12-11/h6,11H,1,4-5,7H2,2-3H3. The minimum Gasteiger partial charge on any atom is -0.251 e. The first-order valence-corrected chi connectivity index (χ1v) is 4.25. The SMILES string of the molecule is C=C1CC=C(C(C)(C)OO)CC1. The summed E-state index contributed by atoms with van der Waals surface area (Å²) in [5.41, 5.74) is 1.89. The fourth-order valence-electron chi connectivity index (χ4n) is 1.39. The Bertz CT molecular complexity index is 214. The molecule has 0 aliphatic heterocycles. The van der Waals surface area contributed by atoms with Gasteiger partial charge in [0.1, 0.15) is 5.60 Å².